The van der Waals surface area contributed by atoms with Crippen molar-refractivity contribution in [3.8, 4) is 17.2 Å². The lowest BCUT2D eigenvalue weighted by molar-refractivity contribution is -0.119. The predicted molar refractivity (Wildman–Crippen MR) is 104 cm³/mol. The predicted octanol–water partition coefficient (Wildman–Crippen LogP) is 1.90. The summed E-state index contributed by atoms with van der Waals surface area (Å²) in [6.07, 6.45) is 1.05. The zero-order valence-corrected chi connectivity index (χ0v) is 16.5. The maximum atomic E-state index is 12.4. The molecule has 0 radical (unpaired) electrons. The van der Waals surface area contributed by atoms with Crippen LogP contribution in [0.5, 0.6) is 17.2 Å². The smallest absolute Gasteiger partial charge is 0.241 e. The third-order valence-electron chi connectivity index (χ3n) is 4.06. The van der Waals surface area contributed by atoms with E-state index < -0.39 is 15.9 Å². The summed E-state index contributed by atoms with van der Waals surface area (Å²) in [7, 11) is -3.67. The normalized spacial score (nSPS) is 12.5. The minimum absolute atomic E-state index is 0.0836. The first-order valence-electron chi connectivity index (χ1n) is 8.72. The average Bonchev–Trinajstić information content (AvgIpc) is 3.12. The summed E-state index contributed by atoms with van der Waals surface area (Å²) in [6, 6.07) is 12.1. The molecule has 0 aliphatic carbocycles. The van der Waals surface area contributed by atoms with Gasteiger partial charge in [-0.3, -0.25) is 9.10 Å². The number of nitrogens with zero attached hydrogens (tertiary/aromatic N) is 1. The van der Waals surface area contributed by atoms with Crippen molar-refractivity contribution in [2.24, 2.45) is 0 Å². The number of hydrogen-bond acceptors (Lipinski definition) is 6. The molecule has 1 aliphatic heterocycles. The highest BCUT2D eigenvalue weighted by Gasteiger charge is 2.23. The highest BCUT2D eigenvalue weighted by atomic mass is 32.2. The lowest BCUT2D eigenvalue weighted by Gasteiger charge is -2.22. The van der Waals surface area contributed by atoms with E-state index in [1.54, 1.807) is 18.2 Å². The van der Waals surface area contributed by atoms with Gasteiger partial charge in [0.1, 0.15) is 12.3 Å². The van der Waals surface area contributed by atoms with Crippen molar-refractivity contribution in [2.75, 3.05) is 30.5 Å². The topological polar surface area (TPSA) is 94.2 Å². The molecular weight excluding hydrogens is 384 g/mol. The lowest BCUT2D eigenvalue weighted by atomic mass is 10.2. The Morgan fingerprint density at radius 3 is 2.54 bits per heavy atom. The molecule has 1 N–H and O–H groups in total. The monoisotopic (exact) mass is 406 g/mol. The van der Waals surface area contributed by atoms with Crippen molar-refractivity contribution < 1.29 is 27.4 Å². The van der Waals surface area contributed by atoms with Gasteiger partial charge in [0, 0.05) is 12.6 Å². The Balaban J connectivity index is 1.65. The number of fused-ring (bicyclic) bond motifs is 1. The van der Waals surface area contributed by atoms with Crippen LogP contribution in [0.2, 0.25) is 0 Å². The number of ether oxygens (including phenoxy) is 3. The number of sulfonamides is 1. The first-order valence-corrected chi connectivity index (χ1v) is 10.6. The first kappa shape index (κ1) is 19.8. The first-order chi connectivity index (χ1) is 13.4. The van der Waals surface area contributed by atoms with Crippen molar-refractivity contribution >= 4 is 21.6 Å². The number of carbonyl (C=O) groups excluding carboxylic acids is 1. The minimum Gasteiger partial charge on any atom is -0.494 e. The standard InChI is InChI=1S/C19H22N2O6S/c1-3-25-16-7-4-14(5-8-16)11-20-19(22)12-21(28(2,23)24)15-6-9-17-18(10-15)27-13-26-17/h4-10H,3,11-13H2,1-2H3,(H,20,22). The van der Waals surface area contributed by atoms with Crippen molar-refractivity contribution in [1.82, 2.24) is 5.32 Å². The molecule has 28 heavy (non-hydrogen) atoms. The molecule has 9 heteroatoms. The number of anilines is 1. The molecule has 2 aromatic rings. The van der Waals surface area contributed by atoms with Crippen LogP contribution in [0.25, 0.3) is 0 Å². The minimum atomic E-state index is -3.67. The Morgan fingerprint density at radius 1 is 1.14 bits per heavy atom. The zero-order valence-electron chi connectivity index (χ0n) is 15.7. The van der Waals surface area contributed by atoms with E-state index in [9.17, 15) is 13.2 Å². The fraction of sp³-hybridized carbons (Fsp3) is 0.316. The van der Waals surface area contributed by atoms with Crippen LogP contribution in [0.3, 0.4) is 0 Å². The number of rotatable bonds is 8. The summed E-state index contributed by atoms with van der Waals surface area (Å²) in [5.41, 5.74) is 1.22. The second kappa shape index (κ2) is 8.39. The van der Waals surface area contributed by atoms with E-state index in [0.717, 1.165) is 21.9 Å². The molecule has 0 saturated carbocycles. The van der Waals surface area contributed by atoms with Crippen LogP contribution in [0.4, 0.5) is 5.69 Å². The van der Waals surface area contributed by atoms with Gasteiger partial charge in [0.15, 0.2) is 11.5 Å². The molecule has 1 heterocycles. The Bertz CT molecular complexity index is 943. The SMILES string of the molecule is CCOc1ccc(CNC(=O)CN(c2ccc3c(c2)OCO3)S(C)(=O)=O)cc1. The Morgan fingerprint density at radius 2 is 1.86 bits per heavy atom. The molecule has 0 spiro atoms. The Kier molecular flexibility index (Phi) is 5.93. The van der Waals surface area contributed by atoms with Gasteiger partial charge in [0.2, 0.25) is 22.7 Å². The third kappa shape index (κ3) is 4.86. The zero-order chi connectivity index (χ0) is 20.1. The molecule has 0 unspecified atom stereocenters. The van der Waals surface area contributed by atoms with E-state index in [1.165, 1.54) is 0 Å². The van der Waals surface area contributed by atoms with Gasteiger partial charge >= 0.3 is 0 Å². The van der Waals surface area contributed by atoms with E-state index in [-0.39, 0.29) is 19.9 Å². The van der Waals surface area contributed by atoms with Crippen molar-refractivity contribution in [3.63, 3.8) is 0 Å². The summed E-state index contributed by atoms with van der Waals surface area (Å²) >= 11 is 0. The van der Waals surface area contributed by atoms with Gasteiger partial charge in [0.05, 0.1) is 18.6 Å². The summed E-state index contributed by atoms with van der Waals surface area (Å²) in [5.74, 6) is 1.32. The number of hydrogen-bond donors (Lipinski definition) is 1. The van der Waals surface area contributed by atoms with E-state index in [2.05, 4.69) is 5.32 Å². The number of carbonyl (C=O) groups is 1. The van der Waals surface area contributed by atoms with Crippen LogP contribution >= 0.6 is 0 Å². The second-order valence-corrected chi connectivity index (χ2v) is 8.07. The molecule has 0 atom stereocenters. The number of amides is 1. The van der Waals surface area contributed by atoms with E-state index in [1.807, 2.05) is 31.2 Å². The number of benzene rings is 2. The van der Waals surface area contributed by atoms with Gasteiger partial charge in [0.25, 0.3) is 0 Å². The van der Waals surface area contributed by atoms with E-state index in [0.29, 0.717) is 23.8 Å². The largest absolute Gasteiger partial charge is 0.494 e. The molecule has 0 aromatic heterocycles. The van der Waals surface area contributed by atoms with Crippen molar-refractivity contribution in [1.29, 1.82) is 0 Å². The summed E-state index contributed by atoms with van der Waals surface area (Å²) in [4.78, 5) is 12.4. The van der Waals surface area contributed by atoms with Crippen LogP contribution in [-0.2, 0) is 21.4 Å². The highest BCUT2D eigenvalue weighted by molar-refractivity contribution is 7.92. The molecule has 0 fully saturated rings. The maximum Gasteiger partial charge on any atom is 0.241 e. The third-order valence-corrected chi connectivity index (χ3v) is 5.20. The average molecular weight is 406 g/mol. The van der Waals surface area contributed by atoms with Gasteiger partial charge in [-0.25, -0.2) is 8.42 Å². The summed E-state index contributed by atoms with van der Waals surface area (Å²) in [6.45, 7) is 2.51. The van der Waals surface area contributed by atoms with Gasteiger partial charge in [-0.2, -0.15) is 0 Å². The highest BCUT2D eigenvalue weighted by Crippen LogP contribution is 2.36. The van der Waals surface area contributed by atoms with Crippen LogP contribution < -0.4 is 23.8 Å². The molecule has 1 amide bonds. The summed E-state index contributed by atoms with van der Waals surface area (Å²) in [5, 5.41) is 2.73. The van der Waals surface area contributed by atoms with Crippen LogP contribution in [0.15, 0.2) is 42.5 Å². The van der Waals surface area contributed by atoms with Crippen LogP contribution in [0, 0.1) is 0 Å². The van der Waals surface area contributed by atoms with E-state index >= 15 is 0 Å². The Labute approximate surface area is 164 Å². The second-order valence-electron chi connectivity index (χ2n) is 6.16. The maximum absolute atomic E-state index is 12.4. The molecule has 0 bridgehead atoms. The van der Waals surface area contributed by atoms with Crippen molar-refractivity contribution in [3.05, 3.63) is 48.0 Å². The number of nitrogens with one attached hydrogen (secondary N) is 1. The van der Waals surface area contributed by atoms with Crippen molar-refractivity contribution in [2.45, 2.75) is 13.5 Å². The Hall–Kier alpha value is -2.94. The van der Waals surface area contributed by atoms with Gasteiger partial charge in [-0.05, 0) is 36.8 Å². The fourth-order valence-electron chi connectivity index (χ4n) is 2.70. The molecule has 3 rings (SSSR count). The molecule has 0 saturated heterocycles. The van der Waals surface area contributed by atoms with Crippen LogP contribution in [0.1, 0.15) is 12.5 Å². The molecule has 8 nitrogen and oxygen atoms in total. The van der Waals surface area contributed by atoms with E-state index in [4.69, 9.17) is 14.2 Å². The van der Waals surface area contributed by atoms with Gasteiger partial charge < -0.3 is 19.5 Å². The van der Waals surface area contributed by atoms with Gasteiger partial charge in [-0.1, -0.05) is 12.1 Å². The van der Waals surface area contributed by atoms with Gasteiger partial charge in [-0.15, -0.1) is 0 Å². The summed E-state index contributed by atoms with van der Waals surface area (Å²) < 4.78 is 41.3. The molecule has 2 aromatic carbocycles. The quantitative estimate of drug-likeness (QED) is 0.720. The molecule has 150 valence electrons. The fourth-order valence-corrected chi connectivity index (χ4v) is 3.55. The molecule has 1 aliphatic rings. The lowest BCUT2D eigenvalue weighted by Crippen LogP contribution is -2.40. The van der Waals surface area contributed by atoms with Crippen LogP contribution in [-0.4, -0.2) is 40.5 Å². The molecular formula is C19H22N2O6S.